The summed E-state index contributed by atoms with van der Waals surface area (Å²) in [4.78, 5) is 11.1. The third kappa shape index (κ3) is 1.95. The molecule has 3 heterocycles. The molecule has 1 aliphatic heterocycles. The minimum absolute atomic E-state index is 0.329. The molecule has 2 N–H and O–H groups in total. The summed E-state index contributed by atoms with van der Waals surface area (Å²) in [5.74, 6) is 1.08. The molecule has 0 saturated carbocycles. The summed E-state index contributed by atoms with van der Waals surface area (Å²) in [5.41, 5.74) is 7.35. The predicted octanol–water partition coefficient (Wildman–Crippen LogP) is 0.932. The molecular formula is C12H13N5S. The lowest BCUT2D eigenvalue weighted by atomic mass is 10.2. The summed E-state index contributed by atoms with van der Waals surface area (Å²) < 4.78 is 2.17. The monoisotopic (exact) mass is 259 g/mol. The number of imidazole rings is 1. The molecule has 0 unspecified atom stereocenters. The molecule has 0 radical (unpaired) electrons. The number of fused-ring (bicyclic) bond motifs is 1. The van der Waals surface area contributed by atoms with E-state index >= 15 is 0 Å². The molecular weight excluding hydrogens is 246 g/mol. The summed E-state index contributed by atoms with van der Waals surface area (Å²) in [5, 5.41) is 0. The van der Waals surface area contributed by atoms with E-state index in [2.05, 4.69) is 19.4 Å². The van der Waals surface area contributed by atoms with Gasteiger partial charge in [0.1, 0.15) is 10.8 Å². The second kappa shape index (κ2) is 4.38. The number of nitrogens with two attached hydrogens (primary N) is 1. The highest BCUT2D eigenvalue weighted by molar-refractivity contribution is 7.80. The number of rotatable bonds is 2. The van der Waals surface area contributed by atoms with Crippen molar-refractivity contribution in [3.8, 4) is 0 Å². The van der Waals surface area contributed by atoms with Crippen molar-refractivity contribution in [3.63, 3.8) is 0 Å². The molecule has 2 aromatic heterocycles. The van der Waals surface area contributed by atoms with Crippen molar-refractivity contribution < 1.29 is 0 Å². The molecule has 0 saturated heterocycles. The fourth-order valence-electron chi connectivity index (χ4n) is 2.14. The average molecular weight is 259 g/mol. The number of aromatic nitrogens is 3. The molecule has 0 amide bonds. The first-order valence-electron chi connectivity index (χ1n) is 5.75. The zero-order valence-corrected chi connectivity index (χ0v) is 10.6. The molecule has 0 aromatic carbocycles. The first-order valence-corrected chi connectivity index (χ1v) is 6.16. The van der Waals surface area contributed by atoms with Crippen LogP contribution in [0.1, 0.15) is 11.5 Å². The first kappa shape index (κ1) is 11.2. The quantitative estimate of drug-likeness (QED) is 0.813. The van der Waals surface area contributed by atoms with E-state index in [0.29, 0.717) is 10.7 Å². The molecule has 0 aliphatic carbocycles. The van der Waals surface area contributed by atoms with Crippen LogP contribution in [0.2, 0.25) is 0 Å². The van der Waals surface area contributed by atoms with Crippen molar-refractivity contribution >= 4 is 22.9 Å². The van der Waals surface area contributed by atoms with Gasteiger partial charge < -0.3 is 15.2 Å². The highest BCUT2D eigenvalue weighted by atomic mass is 32.1. The van der Waals surface area contributed by atoms with Crippen molar-refractivity contribution in [2.45, 2.75) is 13.1 Å². The fourth-order valence-corrected chi connectivity index (χ4v) is 2.26. The third-order valence-electron chi connectivity index (χ3n) is 3.11. The van der Waals surface area contributed by atoms with E-state index in [1.54, 1.807) is 6.20 Å². The largest absolute Gasteiger partial charge is 0.388 e. The van der Waals surface area contributed by atoms with Gasteiger partial charge in [0.15, 0.2) is 0 Å². The van der Waals surface area contributed by atoms with E-state index in [-0.39, 0.29) is 0 Å². The normalized spacial score (nSPS) is 14.3. The maximum Gasteiger partial charge on any atom is 0.128 e. The Kier molecular flexibility index (Phi) is 2.71. The van der Waals surface area contributed by atoms with Crippen molar-refractivity contribution in [1.82, 2.24) is 14.5 Å². The second-order valence-corrected chi connectivity index (χ2v) is 4.66. The Bertz CT molecular complexity index is 592. The van der Waals surface area contributed by atoms with Gasteiger partial charge in [-0.1, -0.05) is 12.2 Å². The van der Waals surface area contributed by atoms with E-state index in [4.69, 9.17) is 18.0 Å². The number of pyridine rings is 1. The minimum atomic E-state index is 0.329. The van der Waals surface area contributed by atoms with Gasteiger partial charge in [-0.2, -0.15) is 0 Å². The molecule has 18 heavy (non-hydrogen) atoms. The van der Waals surface area contributed by atoms with E-state index in [1.165, 1.54) is 0 Å². The van der Waals surface area contributed by atoms with E-state index < -0.39 is 0 Å². The molecule has 1 aliphatic rings. The first-order chi connectivity index (χ1) is 8.74. The smallest absolute Gasteiger partial charge is 0.128 e. The number of anilines is 1. The van der Waals surface area contributed by atoms with Crippen molar-refractivity contribution in [3.05, 3.63) is 42.2 Å². The molecule has 3 rings (SSSR count). The SMILES string of the molecule is NC(=S)c1cc(N2CCn3ccnc3C2)ccn1. The third-order valence-corrected chi connectivity index (χ3v) is 3.32. The average Bonchev–Trinajstić information content (AvgIpc) is 2.86. The number of thiocarbonyl (C=S) groups is 1. The molecule has 0 bridgehead atoms. The van der Waals surface area contributed by atoms with Crippen molar-refractivity contribution in [1.29, 1.82) is 0 Å². The second-order valence-electron chi connectivity index (χ2n) is 4.22. The summed E-state index contributed by atoms with van der Waals surface area (Å²) in [6.45, 7) is 2.69. The lowest BCUT2D eigenvalue weighted by molar-refractivity contribution is 0.560. The number of nitrogens with zero attached hydrogens (tertiary/aromatic N) is 4. The standard InChI is InChI=1S/C12H13N5S/c13-12(18)10-7-9(1-2-14-10)17-6-5-16-4-3-15-11(16)8-17/h1-4,7H,5-6,8H2,(H2,13,18). The molecule has 0 spiro atoms. The maximum atomic E-state index is 5.61. The molecule has 0 atom stereocenters. The van der Waals surface area contributed by atoms with Gasteiger partial charge in [0.05, 0.1) is 12.2 Å². The fraction of sp³-hybridized carbons (Fsp3) is 0.250. The number of hydrogen-bond donors (Lipinski definition) is 1. The summed E-state index contributed by atoms with van der Waals surface area (Å²) in [6, 6.07) is 3.90. The predicted molar refractivity (Wildman–Crippen MR) is 73.4 cm³/mol. The van der Waals surface area contributed by atoms with Crippen LogP contribution in [0.15, 0.2) is 30.7 Å². The Labute approximate surface area is 110 Å². The van der Waals surface area contributed by atoms with Gasteiger partial charge in [0, 0.05) is 37.4 Å². The van der Waals surface area contributed by atoms with Crippen LogP contribution in [0.5, 0.6) is 0 Å². The lowest BCUT2D eigenvalue weighted by Crippen LogP contribution is -2.33. The van der Waals surface area contributed by atoms with E-state index in [9.17, 15) is 0 Å². The van der Waals surface area contributed by atoms with Crippen LogP contribution in [0.3, 0.4) is 0 Å². The van der Waals surface area contributed by atoms with E-state index in [1.807, 2.05) is 24.5 Å². The van der Waals surface area contributed by atoms with Crippen LogP contribution >= 0.6 is 12.2 Å². The van der Waals surface area contributed by atoms with Gasteiger partial charge in [-0.15, -0.1) is 0 Å². The van der Waals surface area contributed by atoms with Crippen LogP contribution in [0, 0.1) is 0 Å². The Morgan fingerprint density at radius 2 is 2.17 bits per heavy atom. The van der Waals surface area contributed by atoms with Gasteiger partial charge in [-0.3, -0.25) is 4.98 Å². The number of hydrogen-bond acceptors (Lipinski definition) is 4. The van der Waals surface area contributed by atoms with Gasteiger partial charge >= 0.3 is 0 Å². The molecule has 2 aromatic rings. The van der Waals surface area contributed by atoms with Gasteiger partial charge in [-0.05, 0) is 12.1 Å². The van der Waals surface area contributed by atoms with Crippen LogP contribution < -0.4 is 10.6 Å². The highest BCUT2D eigenvalue weighted by Gasteiger charge is 2.17. The van der Waals surface area contributed by atoms with Crippen LogP contribution in [0.4, 0.5) is 5.69 Å². The Morgan fingerprint density at radius 3 is 3.00 bits per heavy atom. The Balaban J connectivity index is 1.88. The molecule has 6 heteroatoms. The van der Waals surface area contributed by atoms with Crippen LogP contribution in [0.25, 0.3) is 0 Å². The van der Waals surface area contributed by atoms with Gasteiger partial charge in [0.25, 0.3) is 0 Å². The summed E-state index contributed by atoms with van der Waals surface area (Å²) >= 11 is 4.95. The van der Waals surface area contributed by atoms with Gasteiger partial charge in [-0.25, -0.2) is 4.98 Å². The minimum Gasteiger partial charge on any atom is -0.388 e. The van der Waals surface area contributed by atoms with E-state index in [0.717, 1.165) is 31.1 Å². The van der Waals surface area contributed by atoms with Crippen LogP contribution in [-0.4, -0.2) is 26.1 Å². The molecule has 92 valence electrons. The van der Waals surface area contributed by atoms with Crippen molar-refractivity contribution in [2.24, 2.45) is 5.73 Å². The molecule has 0 fully saturated rings. The molecule has 5 nitrogen and oxygen atoms in total. The zero-order chi connectivity index (χ0) is 12.5. The zero-order valence-electron chi connectivity index (χ0n) is 9.78. The summed E-state index contributed by atoms with van der Waals surface area (Å²) in [6.07, 6.45) is 5.59. The van der Waals surface area contributed by atoms with Crippen LogP contribution in [-0.2, 0) is 13.1 Å². The lowest BCUT2D eigenvalue weighted by Gasteiger charge is -2.29. The Morgan fingerprint density at radius 1 is 1.28 bits per heavy atom. The summed E-state index contributed by atoms with van der Waals surface area (Å²) in [7, 11) is 0. The van der Waals surface area contributed by atoms with Crippen molar-refractivity contribution in [2.75, 3.05) is 11.4 Å². The van der Waals surface area contributed by atoms with Gasteiger partial charge in [0.2, 0.25) is 0 Å². The topological polar surface area (TPSA) is 60.0 Å². The Hall–Kier alpha value is -1.95. The highest BCUT2D eigenvalue weighted by Crippen LogP contribution is 2.20. The maximum absolute atomic E-state index is 5.61.